The van der Waals surface area contributed by atoms with Crippen molar-refractivity contribution in [2.24, 2.45) is 0 Å². The van der Waals surface area contributed by atoms with Crippen molar-refractivity contribution in [1.82, 2.24) is 14.5 Å². The quantitative estimate of drug-likeness (QED) is 0.287. The minimum Gasteiger partial charge on any atom is -0.493 e. The topological polar surface area (TPSA) is 73.7 Å². The number of fused-ring (bicyclic) bond motifs is 2. The number of thiophene rings is 1. The van der Waals surface area contributed by atoms with Crippen molar-refractivity contribution >= 4 is 39.2 Å². The number of benzene rings is 1. The molecule has 0 atom stereocenters. The molecule has 1 aliphatic heterocycles. The van der Waals surface area contributed by atoms with E-state index < -0.39 is 0 Å². The van der Waals surface area contributed by atoms with Gasteiger partial charge in [-0.1, -0.05) is 17.8 Å². The minimum atomic E-state index is -0.0790. The first-order valence-corrected chi connectivity index (χ1v) is 12.4. The van der Waals surface area contributed by atoms with Crippen LogP contribution in [0.5, 0.6) is 11.5 Å². The van der Waals surface area contributed by atoms with E-state index in [9.17, 15) is 9.59 Å². The molecule has 0 radical (unpaired) electrons. The summed E-state index contributed by atoms with van der Waals surface area (Å²) in [7, 11) is 3.23. The maximum absolute atomic E-state index is 13.1. The van der Waals surface area contributed by atoms with Crippen LogP contribution in [0.4, 0.5) is 0 Å². The summed E-state index contributed by atoms with van der Waals surface area (Å²) >= 11 is 2.82. The number of rotatable bonds is 7. The van der Waals surface area contributed by atoms with Gasteiger partial charge in [-0.2, -0.15) is 0 Å². The standard InChI is InChI=1S/C24H27N3O4S2/c1-6-8-27-23(29)21-14(2)15(3)33-22(21)25-24(27)32-13-20(28)26-9-7-16-10-18(30-4)19(31-5)11-17(16)12-26/h6,10-11H,1,7-9,12-13H2,2-5H3. The van der Waals surface area contributed by atoms with E-state index in [2.05, 4.69) is 6.58 Å². The normalized spacial score (nSPS) is 13.2. The Labute approximate surface area is 201 Å². The van der Waals surface area contributed by atoms with Gasteiger partial charge in [0.25, 0.3) is 5.56 Å². The van der Waals surface area contributed by atoms with Crippen molar-refractivity contribution in [3.63, 3.8) is 0 Å². The fourth-order valence-corrected chi connectivity index (χ4v) is 6.00. The van der Waals surface area contributed by atoms with E-state index in [0.717, 1.165) is 27.3 Å². The van der Waals surface area contributed by atoms with E-state index >= 15 is 0 Å². The van der Waals surface area contributed by atoms with Crippen LogP contribution in [0.25, 0.3) is 10.2 Å². The number of ether oxygens (including phenoxy) is 2. The molecular weight excluding hydrogens is 458 g/mol. The van der Waals surface area contributed by atoms with E-state index in [1.54, 1.807) is 24.9 Å². The Morgan fingerprint density at radius 2 is 1.94 bits per heavy atom. The van der Waals surface area contributed by atoms with Crippen LogP contribution >= 0.6 is 23.1 Å². The molecule has 1 aliphatic rings. The SMILES string of the molecule is C=CCn1c(SCC(=O)N2CCc3cc(OC)c(OC)cc3C2)nc2sc(C)c(C)c2c1=O. The predicted molar refractivity (Wildman–Crippen MR) is 133 cm³/mol. The third kappa shape index (κ3) is 4.39. The summed E-state index contributed by atoms with van der Waals surface area (Å²) in [5.41, 5.74) is 3.12. The lowest BCUT2D eigenvalue weighted by molar-refractivity contribution is -0.129. The van der Waals surface area contributed by atoms with Gasteiger partial charge < -0.3 is 14.4 Å². The lowest BCUT2D eigenvalue weighted by Gasteiger charge is -2.29. The van der Waals surface area contributed by atoms with E-state index in [0.29, 0.717) is 41.7 Å². The summed E-state index contributed by atoms with van der Waals surface area (Å²) in [6.45, 7) is 9.22. The third-order valence-corrected chi connectivity index (χ3v) is 8.02. The van der Waals surface area contributed by atoms with Gasteiger partial charge >= 0.3 is 0 Å². The van der Waals surface area contributed by atoms with Crippen LogP contribution in [0.2, 0.25) is 0 Å². The Balaban J connectivity index is 1.54. The first kappa shape index (κ1) is 23.4. The largest absolute Gasteiger partial charge is 0.493 e. The summed E-state index contributed by atoms with van der Waals surface area (Å²) in [5, 5.41) is 1.21. The first-order chi connectivity index (χ1) is 15.9. The molecule has 0 unspecified atom stereocenters. The zero-order valence-corrected chi connectivity index (χ0v) is 20.9. The number of thioether (sulfide) groups is 1. The van der Waals surface area contributed by atoms with Crippen LogP contribution in [0, 0.1) is 13.8 Å². The molecule has 0 aliphatic carbocycles. The molecule has 174 valence electrons. The van der Waals surface area contributed by atoms with Gasteiger partial charge in [0.2, 0.25) is 5.91 Å². The molecule has 2 aromatic heterocycles. The molecular formula is C24H27N3O4S2. The molecule has 4 rings (SSSR count). The molecule has 3 aromatic rings. The average molecular weight is 486 g/mol. The van der Waals surface area contributed by atoms with Gasteiger partial charge in [0.15, 0.2) is 16.7 Å². The third-order valence-electron chi connectivity index (χ3n) is 5.96. The lowest BCUT2D eigenvalue weighted by Crippen LogP contribution is -2.37. The number of aromatic nitrogens is 2. The van der Waals surface area contributed by atoms with Crippen molar-refractivity contribution in [3.8, 4) is 11.5 Å². The maximum Gasteiger partial charge on any atom is 0.263 e. The predicted octanol–water partition coefficient (Wildman–Crippen LogP) is 3.96. The smallest absolute Gasteiger partial charge is 0.263 e. The molecule has 0 N–H and O–H groups in total. The molecule has 1 aromatic carbocycles. The Morgan fingerprint density at radius 1 is 1.24 bits per heavy atom. The number of amides is 1. The van der Waals surface area contributed by atoms with Gasteiger partial charge in [-0.15, -0.1) is 17.9 Å². The second kappa shape index (κ2) is 9.61. The first-order valence-electron chi connectivity index (χ1n) is 10.6. The molecule has 9 heteroatoms. The average Bonchev–Trinajstić information content (AvgIpc) is 3.11. The highest BCUT2D eigenvalue weighted by Crippen LogP contribution is 2.34. The lowest BCUT2D eigenvalue weighted by atomic mass is 9.99. The van der Waals surface area contributed by atoms with Gasteiger partial charge in [0, 0.05) is 24.5 Å². The van der Waals surface area contributed by atoms with Crippen LogP contribution in [-0.4, -0.2) is 46.9 Å². The van der Waals surface area contributed by atoms with Crippen molar-refractivity contribution in [2.75, 3.05) is 26.5 Å². The van der Waals surface area contributed by atoms with Crippen LogP contribution in [0.3, 0.4) is 0 Å². The Bertz CT molecular complexity index is 1300. The highest BCUT2D eigenvalue weighted by Gasteiger charge is 2.24. The molecule has 7 nitrogen and oxygen atoms in total. The fraction of sp³-hybridized carbons (Fsp3) is 0.375. The fourth-order valence-electron chi connectivity index (χ4n) is 4.02. The number of carbonyl (C=O) groups is 1. The number of aryl methyl sites for hydroxylation is 2. The zero-order valence-electron chi connectivity index (χ0n) is 19.3. The number of carbonyl (C=O) groups excluding carboxylic acids is 1. The van der Waals surface area contributed by atoms with Gasteiger partial charge in [-0.05, 0) is 49.1 Å². The molecule has 1 amide bonds. The molecule has 0 saturated heterocycles. The second-order valence-electron chi connectivity index (χ2n) is 7.89. The van der Waals surface area contributed by atoms with Crippen LogP contribution in [0.1, 0.15) is 21.6 Å². The maximum atomic E-state index is 13.1. The van der Waals surface area contributed by atoms with Crippen LogP contribution < -0.4 is 15.0 Å². The number of nitrogens with zero attached hydrogens (tertiary/aromatic N) is 3. The second-order valence-corrected chi connectivity index (χ2v) is 10.0. The van der Waals surface area contributed by atoms with Crippen molar-refractivity contribution in [3.05, 3.63) is 56.7 Å². The zero-order chi connectivity index (χ0) is 23.7. The highest BCUT2D eigenvalue weighted by molar-refractivity contribution is 7.99. The van der Waals surface area contributed by atoms with E-state index in [-0.39, 0.29) is 17.2 Å². The van der Waals surface area contributed by atoms with Gasteiger partial charge in [-0.25, -0.2) is 4.98 Å². The Morgan fingerprint density at radius 3 is 2.61 bits per heavy atom. The molecule has 3 heterocycles. The number of hydrogen-bond acceptors (Lipinski definition) is 7. The van der Waals surface area contributed by atoms with Gasteiger partial charge in [-0.3, -0.25) is 14.2 Å². The summed E-state index contributed by atoms with van der Waals surface area (Å²) < 4.78 is 12.4. The number of methoxy groups -OCH3 is 2. The number of allylic oxidation sites excluding steroid dienone is 1. The highest BCUT2D eigenvalue weighted by atomic mass is 32.2. The van der Waals surface area contributed by atoms with Crippen molar-refractivity contribution in [1.29, 1.82) is 0 Å². The summed E-state index contributed by atoms with van der Waals surface area (Å²) in [4.78, 5) is 34.5. The summed E-state index contributed by atoms with van der Waals surface area (Å²) in [6.07, 6.45) is 2.43. The van der Waals surface area contributed by atoms with Crippen molar-refractivity contribution in [2.45, 2.75) is 38.5 Å². The molecule has 0 fully saturated rings. The van der Waals surface area contributed by atoms with E-state index in [4.69, 9.17) is 14.5 Å². The number of hydrogen-bond donors (Lipinski definition) is 0. The van der Waals surface area contributed by atoms with Gasteiger partial charge in [0.05, 0.1) is 25.4 Å². The Kier molecular flexibility index (Phi) is 6.81. The van der Waals surface area contributed by atoms with E-state index in [1.165, 1.54) is 28.7 Å². The van der Waals surface area contributed by atoms with Crippen molar-refractivity contribution < 1.29 is 14.3 Å². The van der Waals surface area contributed by atoms with Crippen LogP contribution in [0.15, 0.2) is 34.7 Å². The summed E-state index contributed by atoms with van der Waals surface area (Å²) in [6, 6.07) is 3.93. The van der Waals surface area contributed by atoms with Gasteiger partial charge in [0.1, 0.15) is 4.83 Å². The molecule has 33 heavy (non-hydrogen) atoms. The molecule has 0 spiro atoms. The monoisotopic (exact) mass is 485 g/mol. The van der Waals surface area contributed by atoms with E-state index in [1.807, 2.05) is 30.9 Å². The molecule has 0 saturated carbocycles. The summed E-state index contributed by atoms with van der Waals surface area (Å²) in [5.74, 6) is 1.58. The Hall–Kier alpha value is -2.78. The minimum absolute atomic E-state index is 0.0125. The molecule has 0 bridgehead atoms. The van der Waals surface area contributed by atoms with Crippen LogP contribution in [-0.2, 0) is 24.3 Å².